The van der Waals surface area contributed by atoms with E-state index in [1.165, 1.54) is 16.4 Å². The third kappa shape index (κ3) is 3.59. The van der Waals surface area contributed by atoms with Crippen LogP contribution in [-0.2, 0) is 19.6 Å². The monoisotopic (exact) mass is 315 g/mol. The topological polar surface area (TPSA) is 63.7 Å². The Morgan fingerprint density at radius 2 is 2.05 bits per heavy atom. The van der Waals surface area contributed by atoms with Crippen LogP contribution in [-0.4, -0.2) is 38.4 Å². The number of rotatable bonds is 4. The molecule has 1 aliphatic heterocycles. The Hall–Kier alpha value is -1.47. The summed E-state index contributed by atoms with van der Waals surface area (Å²) in [6.07, 6.45) is 1.22. The second-order valence-corrected chi connectivity index (χ2v) is 6.85. The number of sulfonamides is 1. The van der Waals surface area contributed by atoms with Crippen molar-refractivity contribution in [3.05, 3.63) is 30.1 Å². The van der Waals surface area contributed by atoms with Gasteiger partial charge in [0.25, 0.3) is 0 Å². The van der Waals surface area contributed by atoms with E-state index in [0.29, 0.717) is 19.4 Å². The molecule has 2 rings (SSSR count). The largest absolute Gasteiger partial charge is 0.466 e. The van der Waals surface area contributed by atoms with E-state index in [2.05, 4.69) is 0 Å². The van der Waals surface area contributed by atoms with Gasteiger partial charge in [-0.15, -0.1) is 0 Å². The van der Waals surface area contributed by atoms with Crippen molar-refractivity contribution in [2.24, 2.45) is 5.92 Å². The van der Waals surface area contributed by atoms with Gasteiger partial charge in [-0.1, -0.05) is 0 Å². The number of piperidine rings is 1. The maximum Gasteiger partial charge on any atom is 0.310 e. The fourth-order valence-electron chi connectivity index (χ4n) is 2.37. The van der Waals surface area contributed by atoms with Crippen LogP contribution in [0, 0.1) is 11.7 Å². The molecule has 0 spiro atoms. The third-order valence-electron chi connectivity index (χ3n) is 3.46. The first-order valence-corrected chi connectivity index (χ1v) is 8.31. The number of benzene rings is 1. The van der Waals surface area contributed by atoms with E-state index in [4.69, 9.17) is 4.74 Å². The molecule has 1 fully saturated rings. The number of carbonyl (C=O) groups excluding carboxylic acids is 1. The van der Waals surface area contributed by atoms with Gasteiger partial charge in [0.2, 0.25) is 10.0 Å². The Bertz CT molecular complexity index is 600. The lowest BCUT2D eigenvalue weighted by atomic mass is 10.0. The normalized spacial score (nSPS) is 20.2. The van der Waals surface area contributed by atoms with Gasteiger partial charge in [-0.2, -0.15) is 4.31 Å². The molecule has 1 atom stereocenters. The number of hydrogen-bond acceptors (Lipinski definition) is 4. The second-order valence-electron chi connectivity index (χ2n) is 4.91. The molecule has 0 amide bonds. The van der Waals surface area contributed by atoms with Gasteiger partial charge in [0.1, 0.15) is 5.82 Å². The molecular formula is C14H18FNO4S. The average Bonchev–Trinajstić information content (AvgIpc) is 2.48. The minimum Gasteiger partial charge on any atom is -0.466 e. The van der Waals surface area contributed by atoms with Crippen molar-refractivity contribution in [2.45, 2.75) is 24.7 Å². The SMILES string of the molecule is CCOC(=O)[C@@H]1CCCN(S(=O)(=O)c2ccc(F)cc2)C1. The Morgan fingerprint density at radius 3 is 2.67 bits per heavy atom. The number of carbonyl (C=O) groups is 1. The van der Waals surface area contributed by atoms with E-state index in [-0.39, 0.29) is 24.0 Å². The van der Waals surface area contributed by atoms with E-state index >= 15 is 0 Å². The van der Waals surface area contributed by atoms with Crippen LogP contribution in [0.3, 0.4) is 0 Å². The summed E-state index contributed by atoms with van der Waals surface area (Å²) in [5, 5.41) is 0. The predicted molar refractivity (Wildman–Crippen MR) is 74.5 cm³/mol. The maximum atomic E-state index is 12.9. The highest BCUT2D eigenvalue weighted by atomic mass is 32.2. The standard InChI is InChI=1S/C14H18FNO4S/c1-2-20-14(17)11-4-3-9-16(10-11)21(18,19)13-7-5-12(15)6-8-13/h5-8,11H,2-4,9-10H2,1H3/t11-/m1/s1. The van der Waals surface area contributed by atoms with Crippen molar-refractivity contribution in [3.63, 3.8) is 0 Å². The van der Waals surface area contributed by atoms with Crippen LogP contribution in [0.4, 0.5) is 4.39 Å². The molecule has 0 aliphatic carbocycles. The molecule has 21 heavy (non-hydrogen) atoms. The van der Waals surface area contributed by atoms with Crippen molar-refractivity contribution in [2.75, 3.05) is 19.7 Å². The van der Waals surface area contributed by atoms with Gasteiger partial charge in [0, 0.05) is 13.1 Å². The highest BCUT2D eigenvalue weighted by Crippen LogP contribution is 2.24. The number of nitrogens with zero attached hydrogens (tertiary/aromatic N) is 1. The Kier molecular flexibility index (Phi) is 4.95. The zero-order valence-electron chi connectivity index (χ0n) is 11.8. The molecule has 0 aromatic heterocycles. The molecule has 0 N–H and O–H groups in total. The highest BCUT2D eigenvalue weighted by Gasteiger charge is 2.33. The lowest BCUT2D eigenvalue weighted by molar-refractivity contribution is -0.149. The first-order valence-electron chi connectivity index (χ1n) is 6.87. The summed E-state index contributed by atoms with van der Waals surface area (Å²) in [6, 6.07) is 4.69. The summed E-state index contributed by atoms with van der Waals surface area (Å²) in [5.74, 6) is -1.29. The summed E-state index contributed by atoms with van der Waals surface area (Å²) in [6.45, 7) is 2.46. The number of hydrogen-bond donors (Lipinski definition) is 0. The molecule has 116 valence electrons. The molecule has 1 heterocycles. The van der Waals surface area contributed by atoms with Crippen molar-refractivity contribution in [1.82, 2.24) is 4.31 Å². The van der Waals surface area contributed by atoms with E-state index in [1.54, 1.807) is 6.92 Å². The van der Waals surface area contributed by atoms with Gasteiger partial charge < -0.3 is 4.74 Å². The van der Waals surface area contributed by atoms with Crippen LogP contribution in [0.1, 0.15) is 19.8 Å². The van der Waals surface area contributed by atoms with E-state index in [1.807, 2.05) is 0 Å². The van der Waals surface area contributed by atoms with Crippen LogP contribution < -0.4 is 0 Å². The van der Waals surface area contributed by atoms with Gasteiger partial charge >= 0.3 is 5.97 Å². The fourth-order valence-corrected chi connectivity index (χ4v) is 3.89. The van der Waals surface area contributed by atoms with Crippen LogP contribution >= 0.6 is 0 Å². The lowest BCUT2D eigenvalue weighted by Gasteiger charge is -2.30. The van der Waals surface area contributed by atoms with Gasteiger partial charge in [0.05, 0.1) is 17.4 Å². The summed E-state index contributed by atoms with van der Waals surface area (Å²) in [7, 11) is -3.70. The summed E-state index contributed by atoms with van der Waals surface area (Å²) < 4.78 is 44.1. The van der Waals surface area contributed by atoms with Crippen LogP contribution in [0.15, 0.2) is 29.2 Å². The highest BCUT2D eigenvalue weighted by molar-refractivity contribution is 7.89. The first-order chi connectivity index (χ1) is 9.95. The quantitative estimate of drug-likeness (QED) is 0.795. The smallest absolute Gasteiger partial charge is 0.310 e. The molecule has 0 radical (unpaired) electrons. The van der Waals surface area contributed by atoms with Gasteiger partial charge in [0.15, 0.2) is 0 Å². The Balaban J connectivity index is 2.16. The van der Waals surface area contributed by atoms with Gasteiger partial charge in [-0.05, 0) is 44.0 Å². The molecule has 1 saturated heterocycles. The summed E-state index contributed by atoms with van der Waals surface area (Å²) in [4.78, 5) is 11.8. The number of ether oxygens (including phenoxy) is 1. The van der Waals surface area contributed by atoms with Crippen molar-refractivity contribution in [3.8, 4) is 0 Å². The van der Waals surface area contributed by atoms with E-state index in [0.717, 1.165) is 12.1 Å². The van der Waals surface area contributed by atoms with E-state index < -0.39 is 21.8 Å². The van der Waals surface area contributed by atoms with E-state index in [9.17, 15) is 17.6 Å². The zero-order chi connectivity index (χ0) is 15.5. The molecule has 1 aliphatic rings. The molecule has 0 unspecified atom stereocenters. The maximum absolute atomic E-state index is 12.9. The van der Waals surface area contributed by atoms with Gasteiger partial charge in [-0.3, -0.25) is 4.79 Å². The molecule has 1 aromatic rings. The minimum atomic E-state index is -3.70. The fraction of sp³-hybridized carbons (Fsp3) is 0.500. The molecular weight excluding hydrogens is 297 g/mol. The zero-order valence-corrected chi connectivity index (χ0v) is 12.6. The van der Waals surface area contributed by atoms with Gasteiger partial charge in [-0.25, -0.2) is 12.8 Å². The Morgan fingerprint density at radius 1 is 1.38 bits per heavy atom. The lowest BCUT2D eigenvalue weighted by Crippen LogP contribution is -2.42. The molecule has 5 nitrogen and oxygen atoms in total. The van der Waals surface area contributed by atoms with Crippen LogP contribution in [0.25, 0.3) is 0 Å². The molecule has 0 bridgehead atoms. The molecule has 7 heteroatoms. The second kappa shape index (κ2) is 6.53. The number of halogens is 1. The average molecular weight is 315 g/mol. The Labute approximate surface area is 123 Å². The summed E-state index contributed by atoms with van der Waals surface area (Å²) in [5.41, 5.74) is 0. The van der Waals surface area contributed by atoms with Crippen LogP contribution in [0.5, 0.6) is 0 Å². The third-order valence-corrected chi connectivity index (χ3v) is 5.33. The van der Waals surface area contributed by atoms with Crippen LogP contribution in [0.2, 0.25) is 0 Å². The minimum absolute atomic E-state index is 0.0356. The summed E-state index contributed by atoms with van der Waals surface area (Å²) >= 11 is 0. The first kappa shape index (κ1) is 15.9. The van der Waals surface area contributed by atoms with Crippen molar-refractivity contribution in [1.29, 1.82) is 0 Å². The predicted octanol–water partition coefficient (Wildman–Crippen LogP) is 1.79. The van der Waals surface area contributed by atoms with Crippen molar-refractivity contribution < 1.29 is 22.3 Å². The van der Waals surface area contributed by atoms with Crippen molar-refractivity contribution >= 4 is 16.0 Å². The molecule has 0 saturated carbocycles. The number of esters is 1. The molecule has 1 aromatic carbocycles.